The van der Waals surface area contributed by atoms with Crippen LogP contribution in [0.2, 0.25) is 0 Å². The number of hydrogen-bond donors (Lipinski definition) is 0. The van der Waals surface area contributed by atoms with Crippen LogP contribution in [0, 0.1) is 0 Å². The standard InChI is InChI=1S/C7H8OSe/c1-8-6-2-4-7(9)5-3-6/h2-5,9H,1H3. The second kappa shape index (κ2) is 2.90. The molecule has 0 unspecified atom stereocenters. The Kier molecular flexibility index (Phi) is 2.15. The van der Waals surface area contributed by atoms with Crippen molar-refractivity contribution in [3.8, 4) is 5.75 Å². The van der Waals surface area contributed by atoms with Crippen molar-refractivity contribution in [1.29, 1.82) is 0 Å². The molecule has 1 nitrogen and oxygen atoms in total. The molecule has 0 bridgehead atoms. The van der Waals surface area contributed by atoms with Crippen LogP contribution in [0.1, 0.15) is 0 Å². The van der Waals surface area contributed by atoms with Crippen molar-refractivity contribution < 1.29 is 4.74 Å². The Hall–Kier alpha value is -0.461. The quantitative estimate of drug-likeness (QED) is 0.571. The maximum atomic E-state index is 4.96. The predicted octanol–water partition coefficient (Wildman–Crippen LogP) is 0.221. The fraction of sp³-hybridized carbons (Fsp3) is 0.143. The zero-order chi connectivity index (χ0) is 6.69. The summed E-state index contributed by atoms with van der Waals surface area (Å²) >= 11 is 2.48. The van der Waals surface area contributed by atoms with Crippen LogP contribution in [0.5, 0.6) is 5.75 Å². The zero-order valence-electron chi connectivity index (χ0n) is 5.16. The molecule has 0 atom stereocenters. The van der Waals surface area contributed by atoms with Crippen LogP contribution in [-0.2, 0) is 0 Å². The predicted molar refractivity (Wildman–Crippen MR) is 39.8 cm³/mol. The van der Waals surface area contributed by atoms with E-state index in [9.17, 15) is 0 Å². The topological polar surface area (TPSA) is 9.23 Å². The van der Waals surface area contributed by atoms with E-state index in [0.717, 1.165) is 5.75 Å². The molecule has 1 aromatic carbocycles. The van der Waals surface area contributed by atoms with Gasteiger partial charge < -0.3 is 0 Å². The molecule has 1 aromatic rings. The molecule has 0 saturated heterocycles. The van der Waals surface area contributed by atoms with Crippen LogP contribution in [0.4, 0.5) is 0 Å². The van der Waals surface area contributed by atoms with Crippen molar-refractivity contribution in [3.05, 3.63) is 24.3 Å². The van der Waals surface area contributed by atoms with Crippen molar-refractivity contribution in [3.63, 3.8) is 0 Å². The van der Waals surface area contributed by atoms with Gasteiger partial charge in [0.2, 0.25) is 0 Å². The summed E-state index contributed by atoms with van der Waals surface area (Å²) in [5.74, 6) is 0.907. The average Bonchev–Trinajstić information content (AvgIpc) is 1.90. The second-order valence-corrected chi connectivity index (χ2v) is 2.78. The third-order valence-electron chi connectivity index (χ3n) is 1.07. The van der Waals surface area contributed by atoms with Gasteiger partial charge in [0.25, 0.3) is 0 Å². The first-order valence-corrected chi connectivity index (χ1v) is 3.60. The summed E-state index contributed by atoms with van der Waals surface area (Å²) in [6.07, 6.45) is 0. The molecule has 0 aliphatic rings. The Morgan fingerprint density at radius 3 is 2.22 bits per heavy atom. The molecule has 48 valence electrons. The van der Waals surface area contributed by atoms with Gasteiger partial charge >= 0.3 is 62.3 Å². The van der Waals surface area contributed by atoms with Gasteiger partial charge in [0.15, 0.2) is 0 Å². The van der Waals surface area contributed by atoms with E-state index in [-0.39, 0.29) is 0 Å². The Morgan fingerprint density at radius 2 is 1.78 bits per heavy atom. The van der Waals surface area contributed by atoms with Gasteiger partial charge in [0.05, 0.1) is 0 Å². The molecule has 0 saturated carbocycles. The first-order chi connectivity index (χ1) is 4.33. The molecule has 0 aliphatic carbocycles. The SMILES string of the molecule is COc1ccc([SeH])cc1. The van der Waals surface area contributed by atoms with Crippen LogP contribution in [0.3, 0.4) is 0 Å². The molecule has 0 aliphatic heterocycles. The molecule has 0 amide bonds. The summed E-state index contributed by atoms with van der Waals surface area (Å²) in [4.78, 5) is 0. The molecule has 0 N–H and O–H groups in total. The molecular weight excluding hydrogens is 179 g/mol. The van der Waals surface area contributed by atoms with E-state index in [4.69, 9.17) is 4.74 Å². The Balaban J connectivity index is 2.88. The van der Waals surface area contributed by atoms with E-state index in [1.165, 1.54) is 4.46 Å². The maximum absolute atomic E-state index is 4.96. The van der Waals surface area contributed by atoms with Gasteiger partial charge in [-0.25, -0.2) is 0 Å². The van der Waals surface area contributed by atoms with Gasteiger partial charge in [-0.3, -0.25) is 0 Å². The van der Waals surface area contributed by atoms with Crippen LogP contribution >= 0.6 is 0 Å². The Bertz CT molecular complexity index is 181. The summed E-state index contributed by atoms with van der Waals surface area (Å²) in [7, 11) is 1.67. The normalized spacial score (nSPS) is 9.11. The molecule has 0 fully saturated rings. The van der Waals surface area contributed by atoms with Crippen LogP contribution < -0.4 is 9.20 Å². The molecule has 9 heavy (non-hydrogen) atoms. The summed E-state index contributed by atoms with van der Waals surface area (Å²) < 4.78 is 6.16. The first-order valence-electron chi connectivity index (χ1n) is 2.66. The molecule has 0 aromatic heterocycles. The number of benzene rings is 1. The van der Waals surface area contributed by atoms with E-state index < -0.39 is 0 Å². The monoisotopic (exact) mass is 188 g/mol. The van der Waals surface area contributed by atoms with Crippen molar-refractivity contribution in [2.45, 2.75) is 0 Å². The fourth-order valence-electron chi connectivity index (χ4n) is 0.582. The summed E-state index contributed by atoms with van der Waals surface area (Å²) in [6, 6.07) is 7.87. The van der Waals surface area contributed by atoms with Gasteiger partial charge in [-0.05, 0) is 0 Å². The first kappa shape index (κ1) is 6.66. The second-order valence-electron chi connectivity index (χ2n) is 1.70. The molecule has 2 heteroatoms. The molecule has 0 radical (unpaired) electrons. The van der Waals surface area contributed by atoms with Crippen LogP contribution in [0.15, 0.2) is 24.3 Å². The number of ether oxygens (including phenoxy) is 1. The average molecular weight is 187 g/mol. The van der Waals surface area contributed by atoms with Gasteiger partial charge in [-0.2, -0.15) is 0 Å². The Labute approximate surface area is 62.8 Å². The summed E-state index contributed by atoms with van der Waals surface area (Å²) in [5.41, 5.74) is 0. The minimum atomic E-state index is 0.907. The molecule has 0 spiro atoms. The number of methoxy groups -OCH3 is 1. The summed E-state index contributed by atoms with van der Waals surface area (Å²) in [6.45, 7) is 0. The Morgan fingerprint density at radius 1 is 1.22 bits per heavy atom. The van der Waals surface area contributed by atoms with Crippen molar-refractivity contribution in [2.24, 2.45) is 0 Å². The van der Waals surface area contributed by atoms with Crippen molar-refractivity contribution in [1.82, 2.24) is 0 Å². The van der Waals surface area contributed by atoms with Gasteiger partial charge in [0, 0.05) is 0 Å². The fourth-order valence-corrected chi connectivity index (χ4v) is 0.895. The number of hydrogen-bond acceptors (Lipinski definition) is 1. The third kappa shape index (κ3) is 1.74. The van der Waals surface area contributed by atoms with Gasteiger partial charge in [-0.1, -0.05) is 0 Å². The van der Waals surface area contributed by atoms with Crippen LogP contribution in [-0.4, -0.2) is 23.1 Å². The van der Waals surface area contributed by atoms with Gasteiger partial charge in [0.1, 0.15) is 0 Å². The van der Waals surface area contributed by atoms with E-state index >= 15 is 0 Å². The zero-order valence-corrected chi connectivity index (χ0v) is 7.04. The van der Waals surface area contributed by atoms with Crippen LogP contribution in [0.25, 0.3) is 0 Å². The summed E-state index contributed by atoms with van der Waals surface area (Å²) in [5, 5.41) is 0. The van der Waals surface area contributed by atoms with E-state index in [1.54, 1.807) is 7.11 Å². The number of rotatable bonds is 1. The van der Waals surface area contributed by atoms with Gasteiger partial charge in [-0.15, -0.1) is 0 Å². The van der Waals surface area contributed by atoms with Crippen molar-refractivity contribution in [2.75, 3.05) is 7.11 Å². The van der Waals surface area contributed by atoms with E-state index in [0.29, 0.717) is 0 Å². The molecular formula is C7H8OSe. The third-order valence-corrected chi connectivity index (χ3v) is 1.70. The van der Waals surface area contributed by atoms with E-state index in [1.807, 2.05) is 24.3 Å². The molecule has 0 heterocycles. The van der Waals surface area contributed by atoms with Crippen molar-refractivity contribution >= 4 is 20.5 Å². The minimum absolute atomic E-state index is 0.907. The van der Waals surface area contributed by atoms with E-state index in [2.05, 4.69) is 16.0 Å². The molecule has 1 rings (SSSR count).